The van der Waals surface area contributed by atoms with Crippen molar-refractivity contribution in [1.29, 1.82) is 0 Å². The third-order valence-electron chi connectivity index (χ3n) is 4.17. The molecule has 0 amide bonds. The summed E-state index contributed by atoms with van der Waals surface area (Å²) in [5, 5.41) is 6.69. The van der Waals surface area contributed by atoms with Gasteiger partial charge in [-0.2, -0.15) is 0 Å². The summed E-state index contributed by atoms with van der Waals surface area (Å²) in [5.74, 6) is 2.46. The van der Waals surface area contributed by atoms with Gasteiger partial charge in [0.25, 0.3) is 0 Å². The Kier molecular flexibility index (Phi) is 12.2. The molecule has 166 valence electrons. The molecule has 2 rings (SSSR count). The minimum Gasteiger partial charge on any atom is -0.491 e. The van der Waals surface area contributed by atoms with Crippen molar-refractivity contribution in [1.82, 2.24) is 10.6 Å². The third-order valence-corrected chi connectivity index (χ3v) is 4.17. The Balaban J connectivity index is 0.00000450. The molecule has 0 aliphatic rings. The third kappa shape index (κ3) is 9.21. The summed E-state index contributed by atoms with van der Waals surface area (Å²) >= 11 is 0. The maximum absolute atomic E-state index is 5.86. The molecule has 2 aromatic carbocycles. The fraction of sp³-hybridized carbons (Fsp3) is 0.435. The van der Waals surface area contributed by atoms with E-state index in [0.29, 0.717) is 26.3 Å². The van der Waals surface area contributed by atoms with Gasteiger partial charge in [0.05, 0.1) is 12.7 Å². The minimum atomic E-state index is 0. The van der Waals surface area contributed by atoms with E-state index in [1.54, 1.807) is 14.2 Å². The summed E-state index contributed by atoms with van der Waals surface area (Å²) in [7, 11) is 3.43. The fourth-order valence-electron chi connectivity index (χ4n) is 2.76. The van der Waals surface area contributed by atoms with Crippen molar-refractivity contribution >= 4 is 29.9 Å². The van der Waals surface area contributed by atoms with E-state index in [1.807, 2.05) is 38.1 Å². The van der Waals surface area contributed by atoms with E-state index in [2.05, 4.69) is 40.7 Å². The van der Waals surface area contributed by atoms with Crippen LogP contribution in [-0.4, -0.2) is 39.4 Å². The Bertz CT molecular complexity index is 797. The fourth-order valence-corrected chi connectivity index (χ4v) is 2.76. The number of hydrogen-bond acceptors (Lipinski definition) is 4. The van der Waals surface area contributed by atoms with Gasteiger partial charge in [-0.15, -0.1) is 24.0 Å². The van der Waals surface area contributed by atoms with Gasteiger partial charge in [-0.1, -0.05) is 24.3 Å². The quantitative estimate of drug-likeness (QED) is 0.209. The lowest BCUT2D eigenvalue weighted by Gasteiger charge is -2.16. The second kappa shape index (κ2) is 14.1. The molecule has 30 heavy (non-hydrogen) atoms. The molecule has 0 heterocycles. The molecular formula is C23H34IN3O3. The minimum absolute atomic E-state index is 0. The second-order valence-corrected chi connectivity index (χ2v) is 7.05. The molecular weight excluding hydrogens is 493 g/mol. The Morgan fingerprint density at radius 1 is 1.03 bits per heavy atom. The first kappa shape index (κ1) is 26.0. The zero-order valence-electron chi connectivity index (χ0n) is 18.5. The SMILES string of the molecule is CN=C(NCc1cccc(OC(C)C)c1)NCc1ccc(C)cc1OCCOC.I. The van der Waals surface area contributed by atoms with Crippen LogP contribution in [0.2, 0.25) is 0 Å². The number of aliphatic imine (C=N–C) groups is 1. The van der Waals surface area contributed by atoms with Gasteiger partial charge in [-0.3, -0.25) is 4.99 Å². The maximum atomic E-state index is 5.86. The number of hydrogen-bond donors (Lipinski definition) is 2. The van der Waals surface area contributed by atoms with Crippen molar-refractivity contribution in [3.63, 3.8) is 0 Å². The highest BCUT2D eigenvalue weighted by atomic mass is 127. The summed E-state index contributed by atoms with van der Waals surface area (Å²) in [4.78, 5) is 4.31. The summed E-state index contributed by atoms with van der Waals surface area (Å²) in [6.45, 7) is 8.44. The first-order valence-electron chi connectivity index (χ1n) is 9.93. The molecule has 0 saturated heterocycles. The van der Waals surface area contributed by atoms with Crippen LogP contribution in [-0.2, 0) is 17.8 Å². The van der Waals surface area contributed by atoms with Crippen LogP contribution in [0.4, 0.5) is 0 Å². The van der Waals surface area contributed by atoms with Crippen LogP contribution in [0.5, 0.6) is 11.5 Å². The van der Waals surface area contributed by atoms with Crippen LogP contribution >= 0.6 is 24.0 Å². The first-order chi connectivity index (χ1) is 14.0. The molecule has 0 aromatic heterocycles. The normalized spacial score (nSPS) is 11.1. The number of rotatable bonds is 10. The van der Waals surface area contributed by atoms with Gasteiger partial charge in [0.1, 0.15) is 18.1 Å². The van der Waals surface area contributed by atoms with Crippen molar-refractivity contribution in [2.24, 2.45) is 4.99 Å². The molecule has 2 N–H and O–H groups in total. The Morgan fingerprint density at radius 2 is 1.80 bits per heavy atom. The zero-order valence-corrected chi connectivity index (χ0v) is 20.9. The summed E-state index contributed by atoms with van der Waals surface area (Å²) in [6.07, 6.45) is 0.155. The predicted molar refractivity (Wildman–Crippen MR) is 133 cm³/mol. The van der Waals surface area contributed by atoms with Crippen molar-refractivity contribution < 1.29 is 14.2 Å². The second-order valence-electron chi connectivity index (χ2n) is 7.05. The molecule has 0 radical (unpaired) electrons. The Hall–Kier alpha value is -2.00. The number of nitrogens with one attached hydrogen (secondary N) is 2. The largest absolute Gasteiger partial charge is 0.491 e. The standard InChI is InChI=1S/C23H33N3O3.HI/c1-17(2)29-21-8-6-7-19(14-21)15-25-23(24-4)26-16-20-10-9-18(3)13-22(20)28-12-11-27-5;/h6-10,13-14,17H,11-12,15-16H2,1-5H3,(H2,24,25,26);1H. The van der Waals surface area contributed by atoms with Gasteiger partial charge in [0, 0.05) is 32.8 Å². The van der Waals surface area contributed by atoms with Crippen LogP contribution in [0.15, 0.2) is 47.5 Å². The van der Waals surface area contributed by atoms with Crippen molar-refractivity contribution in [3.05, 3.63) is 59.2 Å². The molecule has 0 spiro atoms. The summed E-state index contributed by atoms with van der Waals surface area (Å²) in [5.41, 5.74) is 3.36. The maximum Gasteiger partial charge on any atom is 0.191 e. The van der Waals surface area contributed by atoms with Crippen LogP contribution in [0.25, 0.3) is 0 Å². The zero-order chi connectivity index (χ0) is 21.1. The molecule has 0 bridgehead atoms. The van der Waals surface area contributed by atoms with E-state index in [9.17, 15) is 0 Å². The molecule has 2 aromatic rings. The smallest absolute Gasteiger partial charge is 0.191 e. The van der Waals surface area contributed by atoms with Crippen molar-refractivity contribution in [2.75, 3.05) is 27.4 Å². The molecule has 6 nitrogen and oxygen atoms in total. The van der Waals surface area contributed by atoms with Gasteiger partial charge in [-0.25, -0.2) is 0 Å². The van der Waals surface area contributed by atoms with E-state index >= 15 is 0 Å². The van der Waals surface area contributed by atoms with E-state index in [-0.39, 0.29) is 30.1 Å². The van der Waals surface area contributed by atoms with Gasteiger partial charge in [0.2, 0.25) is 0 Å². The number of halogens is 1. The number of aryl methyl sites for hydroxylation is 1. The highest BCUT2D eigenvalue weighted by molar-refractivity contribution is 14.0. The van der Waals surface area contributed by atoms with Crippen molar-refractivity contribution in [2.45, 2.75) is 40.0 Å². The van der Waals surface area contributed by atoms with E-state index in [0.717, 1.165) is 34.1 Å². The lowest BCUT2D eigenvalue weighted by Crippen LogP contribution is -2.36. The highest BCUT2D eigenvalue weighted by Gasteiger charge is 2.07. The van der Waals surface area contributed by atoms with Gasteiger partial charge in [-0.05, 0) is 50.1 Å². The average Bonchev–Trinajstić information content (AvgIpc) is 2.69. The van der Waals surface area contributed by atoms with Gasteiger partial charge >= 0.3 is 0 Å². The van der Waals surface area contributed by atoms with Crippen LogP contribution < -0.4 is 20.1 Å². The van der Waals surface area contributed by atoms with Crippen LogP contribution in [0, 0.1) is 6.92 Å². The predicted octanol–water partition coefficient (Wildman–Crippen LogP) is 4.29. The van der Waals surface area contributed by atoms with Crippen LogP contribution in [0.3, 0.4) is 0 Å². The monoisotopic (exact) mass is 527 g/mol. The number of guanidine groups is 1. The molecule has 0 saturated carbocycles. The molecule has 0 aliphatic heterocycles. The molecule has 0 atom stereocenters. The van der Waals surface area contributed by atoms with Crippen molar-refractivity contribution in [3.8, 4) is 11.5 Å². The Morgan fingerprint density at radius 3 is 2.50 bits per heavy atom. The average molecular weight is 527 g/mol. The topological polar surface area (TPSA) is 64.1 Å². The Labute approximate surface area is 197 Å². The van der Waals surface area contributed by atoms with E-state index < -0.39 is 0 Å². The highest BCUT2D eigenvalue weighted by Crippen LogP contribution is 2.20. The summed E-state index contributed by atoms with van der Waals surface area (Å²) < 4.78 is 16.7. The lowest BCUT2D eigenvalue weighted by atomic mass is 10.1. The van der Waals surface area contributed by atoms with Gasteiger partial charge in [0.15, 0.2) is 5.96 Å². The van der Waals surface area contributed by atoms with E-state index in [4.69, 9.17) is 14.2 Å². The van der Waals surface area contributed by atoms with Crippen LogP contribution in [0.1, 0.15) is 30.5 Å². The first-order valence-corrected chi connectivity index (χ1v) is 9.93. The number of methoxy groups -OCH3 is 1. The number of ether oxygens (including phenoxy) is 3. The number of benzene rings is 2. The molecule has 0 fully saturated rings. The van der Waals surface area contributed by atoms with E-state index in [1.165, 1.54) is 0 Å². The lowest BCUT2D eigenvalue weighted by molar-refractivity contribution is 0.145. The molecule has 0 aliphatic carbocycles. The number of nitrogens with zero attached hydrogens (tertiary/aromatic N) is 1. The van der Waals surface area contributed by atoms with Gasteiger partial charge < -0.3 is 24.8 Å². The molecule has 0 unspecified atom stereocenters. The summed E-state index contributed by atoms with van der Waals surface area (Å²) in [6, 6.07) is 14.3. The molecule has 7 heteroatoms.